The third-order valence-electron chi connectivity index (χ3n) is 8.66. The highest BCUT2D eigenvalue weighted by Gasteiger charge is 2.40. The number of hydrogen-bond acceptors (Lipinski definition) is 0. The summed E-state index contributed by atoms with van der Waals surface area (Å²) in [6.07, 6.45) is 13.5. The van der Waals surface area contributed by atoms with E-state index < -0.39 is 0 Å². The van der Waals surface area contributed by atoms with Gasteiger partial charge in [-0.25, -0.2) is 0 Å². The summed E-state index contributed by atoms with van der Waals surface area (Å²) < 4.78 is 0. The molecule has 2 unspecified atom stereocenters. The van der Waals surface area contributed by atoms with Crippen LogP contribution in [0.25, 0.3) is 11.1 Å². The van der Waals surface area contributed by atoms with Gasteiger partial charge in [-0.3, -0.25) is 0 Å². The van der Waals surface area contributed by atoms with Crippen LogP contribution in [0.3, 0.4) is 0 Å². The molecule has 0 nitrogen and oxygen atoms in total. The number of benzene rings is 2. The molecule has 0 aromatic heterocycles. The molecule has 39 heavy (non-hydrogen) atoms. The lowest BCUT2D eigenvalue weighted by Crippen LogP contribution is -2.21. The average molecular weight is 511 g/mol. The Bertz CT molecular complexity index is 1520. The maximum Gasteiger partial charge on any atom is 0.0201 e. The zero-order valence-electron chi connectivity index (χ0n) is 24.5. The minimum absolute atomic E-state index is 0.278. The summed E-state index contributed by atoms with van der Waals surface area (Å²) in [4.78, 5) is 0. The lowest BCUT2D eigenvalue weighted by atomic mass is 9.69. The van der Waals surface area contributed by atoms with Gasteiger partial charge in [0.05, 0.1) is 0 Å². The van der Waals surface area contributed by atoms with Gasteiger partial charge in [-0.2, -0.15) is 0 Å². The fourth-order valence-corrected chi connectivity index (χ4v) is 6.75. The zero-order chi connectivity index (χ0) is 27.8. The van der Waals surface area contributed by atoms with E-state index in [1.54, 1.807) is 0 Å². The van der Waals surface area contributed by atoms with Crippen molar-refractivity contribution in [2.75, 3.05) is 0 Å². The van der Waals surface area contributed by atoms with Crippen molar-refractivity contribution in [3.8, 4) is 0 Å². The van der Waals surface area contributed by atoms with Gasteiger partial charge in [0.2, 0.25) is 0 Å². The van der Waals surface area contributed by atoms with E-state index in [9.17, 15) is 0 Å². The first-order valence-electron chi connectivity index (χ1n) is 14.4. The molecular weight excluding hydrogens is 468 g/mol. The lowest BCUT2D eigenvalue weighted by molar-refractivity contribution is 0.619. The molecule has 0 amide bonds. The standard InChI is InChI=1S/C39H42/c1-9-10-27(6)37-28(7)20-34-23-33(29(8)38(34)39(37)31-15-11-25(4)12-16-31)22-30-14-17-32(21-30)35-18-13-26(5)19-36(35)24(2)3/h11-20,22,38-39H,2,6,8-10,21,23H2,1,3-5,7H3. The number of rotatable bonds is 7. The van der Waals surface area contributed by atoms with Crippen molar-refractivity contribution in [3.05, 3.63) is 153 Å². The second-order valence-corrected chi connectivity index (χ2v) is 11.8. The first kappa shape index (κ1) is 26.9. The number of hydrogen-bond donors (Lipinski definition) is 0. The van der Waals surface area contributed by atoms with Crippen LogP contribution in [0.2, 0.25) is 0 Å². The van der Waals surface area contributed by atoms with Gasteiger partial charge >= 0.3 is 0 Å². The first-order valence-corrected chi connectivity index (χ1v) is 14.4. The molecule has 0 bridgehead atoms. The van der Waals surface area contributed by atoms with Crippen LogP contribution < -0.4 is 0 Å². The summed E-state index contributed by atoms with van der Waals surface area (Å²) in [7, 11) is 0. The third-order valence-corrected chi connectivity index (χ3v) is 8.66. The van der Waals surface area contributed by atoms with E-state index in [4.69, 9.17) is 6.58 Å². The molecule has 0 heteroatoms. The lowest BCUT2D eigenvalue weighted by Gasteiger charge is -2.34. The summed E-state index contributed by atoms with van der Waals surface area (Å²) in [5.41, 5.74) is 18.6. The molecule has 0 aliphatic heterocycles. The third kappa shape index (κ3) is 5.18. The van der Waals surface area contributed by atoms with Crippen LogP contribution in [0.4, 0.5) is 0 Å². The van der Waals surface area contributed by atoms with Crippen LogP contribution in [0, 0.1) is 19.8 Å². The number of allylic oxidation sites excluding steroid dienone is 13. The molecule has 198 valence electrons. The Labute approximate surface area is 236 Å². The molecule has 0 radical (unpaired) electrons. The maximum atomic E-state index is 4.73. The van der Waals surface area contributed by atoms with Gasteiger partial charge in [-0.05, 0) is 97.1 Å². The van der Waals surface area contributed by atoms with Gasteiger partial charge in [-0.15, -0.1) is 0 Å². The van der Waals surface area contributed by atoms with Crippen molar-refractivity contribution in [3.63, 3.8) is 0 Å². The minimum Gasteiger partial charge on any atom is -0.0955 e. The van der Waals surface area contributed by atoms with Crippen molar-refractivity contribution >= 4 is 11.1 Å². The van der Waals surface area contributed by atoms with E-state index in [2.05, 4.69) is 115 Å². The smallest absolute Gasteiger partial charge is 0.0201 e. The Morgan fingerprint density at radius 3 is 2.33 bits per heavy atom. The molecule has 0 saturated heterocycles. The molecule has 3 aliphatic carbocycles. The predicted molar refractivity (Wildman–Crippen MR) is 171 cm³/mol. The van der Waals surface area contributed by atoms with E-state index in [1.165, 1.54) is 72.4 Å². The van der Waals surface area contributed by atoms with E-state index in [-0.39, 0.29) is 5.92 Å². The van der Waals surface area contributed by atoms with Crippen LogP contribution in [0.15, 0.2) is 126 Å². The van der Waals surface area contributed by atoms with E-state index in [0.29, 0.717) is 5.92 Å². The zero-order valence-corrected chi connectivity index (χ0v) is 24.5. The predicted octanol–water partition coefficient (Wildman–Crippen LogP) is 10.9. The SMILES string of the molecule is C=C(CCC)C1=C(C)C=C2CC(=CC3=CC=C(c4ccc(C)cc4C(=C)C)C3)C(=C)C2C1c1ccc(C)cc1. The summed E-state index contributed by atoms with van der Waals surface area (Å²) in [5.74, 6) is 0.577. The highest BCUT2D eigenvalue weighted by molar-refractivity contribution is 5.82. The van der Waals surface area contributed by atoms with Gasteiger partial charge in [0.15, 0.2) is 0 Å². The summed E-state index contributed by atoms with van der Waals surface area (Å²) in [6.45, 7) is 24.5. The fourth-order valence-electron chi connectivity index (χ4n) is 6.75. The summed E-state index contributed by atoms with van der Waals surface area (Å²) in [6, 6.07) is 15.9. The molecule has 0 spiro atoms. The van der Waals surface area contributed by atoms with Gasteiger partial charge in [-0.1, -0.05) is 128 Å². The van der Waals surface area contributed by atoms with Crippen LogP contribution in [0.1, 0.15) is 80.2 Å². The quantitative estimate of drug-likeness (QED) is 0.347. The fraction of sp³-hybridized carbons (Fsp3) is 0.282. The maximum absolute atomic E-state index is 4.73. The van der Waals surface area contributed by atoms with Gasteiger partial charge in [0.25, 0.3) is 0 Å². The Kier molecular flexibility index (Phi) is 7.50. The Balaban J connectivity index is 1.45. The van der Waals surface area contributed by atoms with Crippen molar-refractivity contribution in [1.29, 1.82) is 0 Å². The van der Waals surface area contributed by atoms with E-state index >= 15 is 0 Å². The topological polar surface area (TPSA) is 0 Å². The second kappa shape index (κ2) is 10.9. The summed E-state index contributed by atoms with van der Waals surface area (Å²) in [5, 5.41) is 0. The second-order valence-electron chi connectivity index (χ2n) is 11.8. The molecule has 0 N–H and O–H groups in total. The summed E-state index contributed by atoms with van der Waals surface area (Å²) >= 11 is 0. The molecule has 5 rings (SSSR count). The molecule has 2 atom stereocenters. The van der Waals surface area contributed by atoms with Gasteiger partial charge < -0.3 is 0 Å². The van der Waals surface area contributed by atoms with Crippen molar-refractivity contribution < 1.29 is 0 Å². The molecule has 0 heterocycles. The van der Waals surface area contributed by atoms with Gasteiger partial charge in [0.1, 0.15) is 0 Å². The molecular formula is C39H42. The Morgan fingerprint density at radius 1 is 0.923 bits per heavy atom. The van der Waals surface area contributed by atoms with Crippen LogP contribution in [-0.4, -0.2) is 0 Å². The van der Waals surface area contributed by atoms with E-state index in [0.717, 1.165) is 31.3 Å². The van der Waals surface area contributed by atoms with Crippen molar-refractivity contribution in [1.82, 2.24) is 0 Å². The van der Waals surface area contributed by atoms with Gasteiger partial charge in [0, 0.05) is 11.8 Å². The van der Waals surface area contributed by atoms with Crippen LogP contribution >= 0.6 is 0 Å². The molecule has 1 saturated carbocycles. The molecule has 2 aromatic rings. The Morgan fingerprint density at radius 2 is 1.64 bits per heavy atom. The van der Waals surface area contributed by atoms with Crippen molar-refractivity contribution in [2.45, 2.75) is 66.2 Å². The van der Waals surface area contributed by atoms with Crippen molar-refractivity contribution in [2.24, 2.45) is 5.92 Å². The Hall–Kier alpha value is -3.64. The molecule has 1 fully saturated rings. The van der Waals surface area contributed by atoms with Crippen LogP contribution in [0.5, 0.6) is 0 Å². The monoisotopic (exact) mass is 510 g/mol. The normalized spacial score (nSPS) is 21.6. The molecule has 3 aliphatic rings. The number of aryl methyl sites for hydroxylation is 2. The minimum atomic E-state index is 0.278. The highest BCUT2D eigenvalue weighted by Crippen LogP contribution is 2.55. The van der Waals surface area contributed by atoms with E-state index in [1.807, 2.05) is 0 Å². The molecule has 2 aromatic carbocycles. The number of fused-ring (bicyclic) bond motifs is 1. The highest BCUT2D eigenvalue weighted by atomic mass is 14.4. The average Bonchev–Trinajstić information content (AvgIpc) is 3.48. The van der Waals surface area contributed by atoms with Crippen LogP contribution in [-0.2, 0) is 0 Å². The first-order chi connectivity index (χ1) is 18.7. The largest absolute Gasteiger partial charge is 0.0955 e.